The molecule has 0 radical (unpaired) electrons. The van der Waals surface area contributed by atoms with Crippen molar-refractivity contribution in [3.63, 3.8) is 0 Å². The summed E-state index contributed by atoms with van der Waals surface area (Å²) in [6, 6.07) is 33.5. The van der Waals surface area contributed by atoms with Gasteiger partial charge in [-0.3, -0.25) is 4.57 Å². The minimum atomic E-state index is 0.786. The average Bonchev–Trinajstić information content (AvgIpc) is 3.49. The molecule has 0 spiro atoms. The second-order valence-corrected chi connectivity index (χ2v) is 8.35. The lowest BCUT2D eigenvalue weighted by molar-refractivity contribution is 0.885. The summed E-state index contributed by atoms with van der Waals surface area (Å²) in [4.78, 5) is 4.72. The fraction of sp³-hybridized carbons (Fsp3) is 0.0690. The monoisotopic (exact) mass is 441 g/mol. The highest BCUT2D eigenvalue weighted by Gasteiger charge is 2.20. The van der Waals surface area contributed by atoms with E-state index in [1.165, 1.54) is 0 Å². The van der Waals surface area contributed by atoms with Gasteiger partial charge in [-0.2, -0.15) is 0 Å². The summed E-state index contributed by atoms with van der Waals surface area (Å²) in [5, 5.41) is 8.98. The first-order valence-corrected chi connectivity index (χ1v) is 11.3. The second kappa shape index (κ2) is 8.12. The molecule has 0 saturated heterocycles. The second-order valence-electron chi connectivity index (χ2n) is 8.35. The Labute approximate surface area is 198 Å². The Kier molecular flexibility index (Phi) is 4.81. The van der Waals surface area contributed by atoms with Crippen LogP contribution in [0, 0.1) is 6.92 Å². The van der Waals surface area contributed by atoms with Crippen LogP contribution in [0.5, 0.6) is 0 Å². The first kappa shape index (κ1) is 20.1. The first-order valence-electron chi connectivity index (χ1n) is 11.3. The van der Waals surface area contributed by atoms with Gasteiger partial charge in [0.05, 0.1) is 16.7 Å². The molecule has 0 aliphatic rings. The van der Waals surface area contributed by atoms with Crippen LogP contribution in [0.4, 0.5) is 0 Å². The van der Waals surface area contributed by atoms with Crippen LogP contribution in [0.3, 0.4) is 0 Å². The van der Waals surface area contributed by atoms with Gasteiger partial charge in [-0.15, -0.1) is 10.2 Å². The Morgan fingerprint density at radius 2 is 1.24 bits per heavy atom. The number of hydrogen-bond donors (Lipinski definition) is 0. The molecule has 6 rings (SSSR count). The zero-order chi connectivity index (χ0) is 23.1. The van der Waals surface area contributed by atoms with Crippen LogP contribution >= 0.6 is 0 Å². The number of imidazole rings is 1. The van der Waals surface area contributed by atoms with Crippen molar-refractivity contribution < 1.29 is 0 Å². The van der Waals surface area contributed by atoms with Gasteiger partial charge in [0, 0.05) is 23.7 Å². The fourth-order valence-electron chi connectivity index (χ4n) is 4.65. The molecule has 0 fully saturated rings. The van der Waals surface area contributed by atoms with Crippen LogP contribution in [0.15, 0.2) is 103 Å². The lowest BCUT2D eigenvalue weighted by Gasteiger charge is -2.18. The van der Waals surface area contributed by atoms with E-state index in [4.69, 9.17) is 4.98 Å². The van der Waals surface area contributed by atoms with Crippen molar-refractivity contribution in [2.24, 2.45) is 7.05 Å². The van der Waals surface area contributed by atoms with Crippen molar-refractivity contribution in [2.75, 3.05) is 0 Å². The number of hydrogen-bond acceptors (Lipinski definition) is 3. The van der Waals surface area contributed by atoms with Crippen LogP contribution < -0.4 is 0 Å². The van der Waals surface area contributed by atoms with E-state index in [1.54, 1.807) is 0 Å². The van der Waals surface area contributed by atoms with Gasteiger partial charge in [0.1, 0.15) is 12.2 Å². The summed E-state index contributed by atoms with van der Waals surface area (Å²) < 4.78 is 4.23. The number of aryl methyl sites for hydroxylation is 2. The maximum atomic E-state index is 4.72. The highest BCUT2D eigenvalue weighted by molar-refractivity contribution is 5.92. The Balaban J connectivity index is 1.67. The number of fused-ring (bicyclic) bond motifs is 1. The number of rotatable bonds is 4. The molecular weight excluding hydrogens is 418 g/mol. The average molecular weight is 442 g/mol. The van der Waals surface area contributed by atoms with E-state index in [-0.39, 0.29) is 0 Å². The predicted octanol–water partition coefficient (Wildman–Crippen LogP) is 6.46. The van der Waals surface area contributed by atoms with Gasteiger partial charge < -0.3 is 4.57 Å². The first-order chi connectivity index (χ1) is 16.7. The smallest absolute Gasteiger partial charge is 0.170 e. The Hall–Kier alpha value is -4.51. The van der Waals surface area contributed by atoms with Crippen molar-refractivity contribution in [1.29, 1.82) is 0 Å². The van der Waals surface area contributed by atoms with Crippen molar-refractivity contribution in [1.82, 2.24) is 24.3 Å². The molecule has 2 aromatic heterocycles. The molecule has 0 saturated carbocycles. The van der Waals surface area contributed by atoms with Gasteiger partial charge in [-0.25, -0.2) is 4.98 Å². The highest BCUT2D eigenvalue weighted by Crippen LogP contribution is 2.38. The zero-order valence-electron chi connectivity index (χ0n) is 19.1. The molecule has 164 valence electrons. The van der Waals surface area contributed by atoms with E-state index in [0.29, 0.717) is 0 Å². The molecule has 0 N–H and O–H groups in total. The molecule has 5 nitrogen and oxygen atoms in total. The highest BCUT2D eigenvalue weighted by atomic mass is 15.3. The van der Waals surface area contributed by atoms with Crippen molar-refractivity contribution in [2.45, 2.75) is 6.92 Å². The molecule has 2 heterocycles. The summed E-state index contributed by atoms with van der Waals surface area (Å²) >= 11 is 0. The van der Waals surface area contributed by atoms with E-state index < -0.39 is 0 Å². The standard InChI is InChI=1S/C29H23N5/c1-20-31-26-18-10-17-25(28(26)33(20)2)29-32-30-19-34(29)27-23(21-11-5-3-6-12-21)15-9-16-24(27)22-13-7-4-8-14-22/h3-19H,1-2H3. The number of benzene rings is 4. The van der Waals surface area contributed by atoms with Gasteiger partial charge in [-0.1, -0.05) is 84.9 Å². The van der Waals surface area contributed by atoms with Crippen LogP contribution in [0.25, 0.3) is 50.4 Å². The summed E-state index contributed by atoms with van der Waals surface area (Å²) in [7, 11) is 2.04. The number of aromatic nitrogens is 5. The molecule has 0 bridgehead atoms. The molecule has 0 unspecified atom stereocenters. The summed E-state index contributed by atoms with van der Waals surface area (Å²) in [6.07, 6.45) is 1.81. The largest absolute Gasteiger partial charge is 0.331 e. The predicted molar refractivity (Wildman–Crippen MR) is 137 cm³/mol. The molecule has 4 aromatic carbocycles. The lowest BCUT2D eigenvalue weighted by atomic mass is 9.95. The van der Waals surface area contributed by atoms with Crippen LogP contribution in [0.1, 0.15) is 5.82 Å². The molecule has 5 heteroatoms. The summed E-state index contributed by atoms with van der Waals surface area (Å²) in [5.41, 5.74) is 8.58. The molecule has 0 aliphatic heterocycles. The van der Waals surface area contributed by atoms with E-state index in [1.807, 2.05) is 44.6 Å². The van der Waals surface area contributed by atoms with Gasteiger partial charge in [-0.05, 0) is 30.2 Å². The minimum absolute atomic E-state index is 0.786. The third-order valence-corrected chi connectivity index (χ3v) is 6.35. The van der Waals surface area contributed by atoms with Gasteiger partial charge in [0.2, 0.25) is 0 Å². The SMILES string of the molecule is Cc1nc2cccc(-c3nncn3-c3c(-c4ccccc4)cccc3-c3ccccc3)c2n1C. The van der Waals surface area contributed by atoms with Crippen molar-refractivity contribution >= 4 is 11.0 Å². The lowest BCUT2D eigenvalue weighted by Crippen LogP contribution is -2.03. The van der Waals surface area contributed by atoms with Gasteiger partial charge in [0.25, 0.3) is 0 Å². The Morgan fingerprint density at radius 3 is 1.88 bits per heavy atom. The van der Waals surface area contributed by atoms with E-state index in [9.17, 15) is 0 Å². The molecule has 6 aromatic rings. The normalized spacial score (nSPS) is 11.2. The Bertz CT molecular complexity index is 1550. The minimum Gasteiger partial charge on any atom is -0.331 e. The third kappa shape index (κ3) is 3.21. The number of nitrogens with zero attached hydrogens (tertiary/aromatic N) is 5. The van der Waals surface area contributed by atoms with Gasteiger partial charge >= 0.3 is 0 Å². The van der Waals surface area contributed by atoms with E-state index in [0.717, 1.165) is 56.2 Å². The molecular formula is C29H23N5. The summed E-state index contributed by atoms with van der Waals surface area (Å²) in [6.45, 7) is 2.02. The topological polar surface area (TPSA) is 48.5 Å². The maximum Gasteiger partial charge on any atom is 0.170 e. The Morgan fingerprint density at radius 1 is 0.647 bits per heavy atom. The van der Waals surface area contributed by atoms with Crippen LogP contribution in [0.2, 0.25) is 0 Å². The maximum absolute atomic E-state index is 4.72. The van der Waals surface area contributed by atoms with E-state index in [2.05, 4.69) is 92.1 Å². The summed E-state index contributed by atoms with van der Waals surface area (Å²) in [5.74, 6) is 1.75. The molecule has 34 heavy (non-hydrogen) atoms. The fourth-order valence-corrected chi connectivity index (χ4v) is 4.65. The molecule has 0 aliphatic carbocycles. The number of para-hydroxylation sites is 2. The third-order valence-electron chi connectivity index (χ3n) is 6.35. The van der Waals surface area contributed by atoms with Crippen molar-refractivity contribution in [3.8, 4) is 39.3 Å². The van der Waals surface area contributed by atoms with E-state index >= 15 is 0 Å². The molecule has 0 atom stereocenters. The van der Waals surface area contributed by atoms with Crippen LogP contribution in [-0.4, -0.2) is 24.3 Å². The van der Waals surface area contributed by atoms with Crippen LogP contribution in [-0.2, 0) is 7.05 Å². The molecule has 0 amide bonds. The zero-order valence-corrected chi connectivity index (χ0v) is 19.1. The van der Waals surface area contributed by atoms with Crippen molar-refractivity contribution in [3.05, 3.63) is 109 Å². The quantitative estimate of drug-likeness (QED) is 0.315. The van der Waals surface area contributed by atoms with Gasteiger partial charge in [0.15, 0.2) is 5.82 Å².